The van der Waals surface area contributed by atoms with Gasteiger partial charge in [0.05, 0.1) is 13.2 Å². The summed E-state index contributed by atoms with van der Waals surface area (Å²) in [7, 11) is 4.17. The fraction of sp³-hybridized carbons (Fsp3) is 0.650. The Morgan fingerprint density at radius 1 is 1.15 bits per heavy atom. The third kappa shape index (κ3) is 5.89. The molecule has 0 unspecified atom stereocenters. The van der Waals surface area contributed by atoms with E-state index in [-0.39, 0.29) is 0 Å². The van der Waals surface area contributed by atoms with Gasteiger partial charge in [0.25, 0.3) is 0 Å². The molecule has 2 heterocycles. The zero-order chi connectivity index (χ0) is 18.2. The number of nitrogens with zero attached hydrogens (tertiary/aromatic N) is 4. The van der Waals surface area contributed by atoms with E-state index in [1.54, 1.807) is 0 Å². The molecular weight excluding hydrogens is 344 g/mol. The number of hydrogen-bond acceptors (Lipinski definition) is 6. The SMILES string of the molecule is CN(C)c1ccc(CN(CCCN2CCOCC2)C2=NCCCS2)cc1. The van der Waals surface area contributed by atoms with Gasteiger partial charge in [0, 0.05) is 64.8 Å². The maximum Gasteiger partial charge on any atom is 0.159 e. The lowest BCUT2D eigenvalue weighted by Gasteiger charge is -2.30. The topological polar surface area (TPSA) is 31.3 Å². The Hall–Kier alpha value is -1.24. The van der Waals surface area contributed by atoms with Crippen LogP contribution in [0.15, 0.2) is 29.3 Å². The van der Waals surface area contributed by atoms with E-state index in [0.717, 1.165) is 52.5 Å². The van der Waals surface area contributed by atoms with Crippen LogP contribution in [0.25, 0.3) is 0 Å². The molecule has 0 saturated carbocycles. The van der Waals surface area contributed by atoms with E-state index in [1.165, 1.54) is 35.0 Å². The van der Waals surface area contributed by atoms with Crippen molar-refractivity contribution in [1.29, 1.82) is 0 Å². The standard InChI is InChI=1S/C20H32N4OS/c1-22(2)19-7-5-18(6-8-19)17-24(20-21-9-3-16-26-20)11-4-10-23-12-14-25-15-13-23/h5-8H,3-4,9-17H2,1-2H3. The Kier molecular flexibility index (Phi) is 7.65. The molecule has 6 heteroatoms. The lowest BCUT2D eigenvalue weighted by atomic mass is 10.2. The Morgan fingerprint density at radius 2 is 1.92 bits per heavy atom. The van der Waals surface area contributed by atoms with Crippen molar-refractivity contribution in [2.75, 3.05) is 70.7 Å². The molecule has 0 atom stereocenters. The van der Waals surface area contributed by atoms with Crippen LogP contribution in [0.5, 0.6) is 0 Å². The second kappa shape index (κ2) is 10.2. The number of rotatable bonds is 7. The summed E-state index contributed by atoms with van der Waals surface area (Å²) in [6, 6.07) is 8.91. The van der Waals surface area contributed by atoms with E-state index in [2.05, 4.69) is 53.1 Å². The lowest BCUT2D eigenvalue weighted by molar-refractivity contribution is 0.0368. The first kappa shape index (κ1) is 19.5. The van der Waals surface area contributed by atoms with Crippen molar-refractivity contribution in [3.05, 3.63) is 29.8 Å². The van der Waals surface area contributed by atoms with E-state index in [0.29, 0.717) is 0 Å². The van der Waals surface area contributed by atoms with Gasteiger partial charge in [-0.05, 0) is 30.5 Å². The van der Waals surface area contributed by atoms with Crippen LogP contribution in [0.4, 0.5) is 5.69 Å². The molecule has 0 aliphatic carbocycles. The summed E-state index contributed by atoms with van der Waals surface area (Å²) in [5, 5.41) is 1.23. The number of ether oxygens (including phenoxy) is 1. The molecule has 0 radical (unpaired) electrons. The van der Waals surface area contributed by atoms with Gasteiger partial charge in [-0.2, -0.15) is 0 Å². The highest BCUT2D eigenvalue weighted by Gasteiger charge is 2.16. The fourth-order valence-electron chi connectivity index (χ4n) is 3.31. The molecule has 26 heavy (non-hydrogen) atoms. The first-order valence-electron chi connectivity index (χ1n) is 9.71. The highest BCUT2D eigenvalue weighted by molar-refractivity contribution is 8.13. The van der Waals surface area contributed by atoms with Gasteiger partial charge in [0.15, 0.2) is 5.17 Å². The van der Waals surface area contributed by atoms with Crippen LogP contribution in [0.1, 0.15) is 18.4 Å². The number of morpholine rings is 1. The highest BCUT2D eigenvalue weighted by Crippen LogP contribution is 2.20. The van der Waals surface area contributed by atoms with Crippen LogP contribution in [-0.2, 0) is 11.3 Å². The average molecular weight is 377 g/mol. The third-order valence-electron chi connectivity index (χ3n) is 4.88. The first-order chi connectivity index (χ1) is 12.7. The molecule has 0 N–H and O–H groups in total. The molecule has 144 valence electrons. The third-order valence-corrected chi connectivity index (χ3v) is 6.02. The van der Waals surface area contributed by atoms with E-state index >= 15 is 0 Å². The quantitative estimate of drug-likeness (QED) is 0.730. The van der Waals surface area contributed by atoms with Crippen LogP contribution >= 0.6 is 11.8 Å². The fourth-order valence-corrected chi connectivity index (χ4v) is 4.29. The summed E-state index contributed by atoms with van der Waals surface area (Å²) in [4.78, 5) is 11.9. The molecule has 1 aromatic carbocycles. The van der Waals surface area contributed by atoms with E-state index in [1.807, 2.05) is 11.8 Å². The van der Waals surface area contributed by atoms with Gasteiger partial charge in [-0.3, -0.25) is 9.89 Å². The van der Waals surface area contributed by atoms with Crippen LogP contribution in [-0.4, -0.2) is 80.8 Å². The van der Waals surface area contributed by atoms with Crippen LogP contribution in [0.3, 0.4) is 0 Å². The molecular formula is C20H32N4OS. The minimum absolute atomic E-state index is 0.879. The molecule has 0 aromatic heterocycles. The maximum absolute atomic E-state index is 5.45. The Bertz CT molecular complexity index is 570. The molecule has 0 spiro atoms. The summed E-state index contributed by atoms with van der Waals surface area (Å²) in [6.07, 6.45) is 2.38. The van der Waals surface area contributed by atoms with Crippen molar-refractivity contribution in [3.63, 3.8) is 0 Å². The zero-order valence-corrected chi connectivity index (χ0v) is 17.0. The van der Waals surface area contributed by atoms with Crippen LogP contribution < -0.4 is 4.90 Å². The van der Waals surface area contributed by atoms with E-state index in [4.69, 9.17) is 9.73 Å². The highest BCUT2D eigenvalue weighted by atomic mass is 32.2. The summed E-state index contributed by atoms with van der Waals surface area (Å²) in [6.45, 7) is 8.04. The zero-order valence-electron chi connectivity index (χ0n) is 16.2. The molecule has 0 bridgehead atoms. The van der Waals surface area contributed by atoms with Crippen molar-refractivity contribution < 1.29 is 4.74 Å². The lowest BCUT2D eigenvalue weighted by Crippen LogP contribution is -2.39. The van der Waals surface area contributed by atoms with Crippen molar-refractivity contribution >= 4 is 22.6 Å². The molecule has 1 fully saturated rings. The summed E-state index contributed by atoms with van der Waals surface area (Å²) < 4.78 is 5.45. The molecule has 2 aliphatic rings. The number of benzene rings is 1. The van der Waals surface area contributed by atoms with Crippen LogP contribution in [0.2, 0.25) is 0 Å². The van der Waals surface area contributed by atoms with Crippen molar-refractivity contribution in [3.8, 4) is 0 Å². The van der Waals surface area contributed by atoms with Crippen molar-refractivity contribution in [1.82, 2.24) is 9.80 Å². The minimum Gasteiger partial charge on any atom is -0.379 e. The minimum atomic E-state index is 0.879. The number of aliphatic imine (C=N–C) groups is 1. The molecule has 2 aliphatic heterocycles. The number of amidine groups is 1. The summed E-state index contributed by atoms with van der Waals surface area (Å²) in [5.41, 5.74) is 2.60. The maximum atomic E-state index is 5.45. The van der Waals surface area contributed by atoms with Gasteiger partial charge < -0.3 is 14.5 Å². The molecule has 1 saturated heterocycles. The second-order valence-corrected chi connectivity index (χ2v) is 8.22. The summed E-state index contributed by atoms with van der Waals surface area (Å²) in [5.74, 6) is 1.19. The van der Waals surface area contributed by atoms with Gasteiger partial charge in [-0.1, -0.05) is 23.9 Å². The molecule has 0 amide bonds. The predicted molar refractivity (Wildman–Crippen MR) is 112 cm³/mol. The normalized spacial score (nSPS) is 18.5. The van der Waals surface area contributed by atoms with Gasteiger partial charge >= 0.3 is 0 Å². The molecule has 3 rings (SSSR count). The average Bonchev–Trinajstić information content (AvgIpc) is 2.69. The first-order valence-corrected chi connectivity index (χ1v) is 10.7. The molecule has 5 nitrogen and oxygen atoms in total. The van der Waals surface area contributed by atoms with Crippen molar-refractivity contribution in [2.45, 2.75) is 19.4 Å². The molecule has 1 aromatic rings. The van der Waals surface area contributed by atoms with Gasteiger partial charge in [0.2, 0.25) is 0 Å². The smallest absolute Gasteiger partial charge is 0.159 e. The van der Waals surface area contributed by atoms with E-state index < -0.39 is 0 Å². The largest absolute Gasteiger partial charge is 0.379 e. The van der Waals surface area contributed by atoms with Gasteiger partial charge in [-0.25, -0.2) is 0 Å². The number of hydrogen-bond donors (Lipinski definition) is 0. The van der Waals surface area contributed by atoms with E-state index in [9.17, 15) is 0 Å². The Morgan fingerprint density at radius 3 is 2.58 bits per heavy atom. The monoisotopic (exact) mass is 376 g/mol. The predicted octanol–water partition coefficient (Wildman–Crippen LogP) is 2.77. The van der Waals surface area contributed by atoms with Crippen LogP contribution in [0, 0.1) is 0 Å². The summed E-state index contributed by atoms with van der Waals surface area (Å²) >= 11 is 1.92. The van der Waals surface area contributed by atoms with Crippen molar-refractivity contribution in [2.24, 2.45) is 4.99 Å². The Balaban J connectivity index is 1.58. The van der Waals surface area contributed by atoms with Gasteiger partial charge in [-0.15, -0.1) is 0 Å². The van der Waals surface area contributed by atoms with Gasteiger partial charge in [0.1, 0.15) is 0 Å². The number of anilines is 1. The number of thioether (sulfide) groups is 1. The Labute approximate surface area is 162 Å². The second-order valence-electron chi connectivity index (χ2n) is 7.16.